The van der Waals surface area contributed by atoms with Gasteiger partial charge in [0.1, 0.15) is 11.5 Å². The van der Waals surface area contributed by atoms with Crippen molar-refractivity contribution in [3.05, 3.63) is 93.0 Å². The van der Waals surface area contributed by atoms with Crippen LogP contribution in [0.2, 0.25) is 5.02 Å². The quantitative estimate of drug-likeness (QED) is 0.158. The van der Waals surface area contributed by atoms with Crippen LogP contribution in [0.15, 0.2) is 66.7 Å². The Morgan fingerprint density at radius 1 is 0.976 bits per heavy atom. The monoisotopic (exact) mass is 612 g/mol. The number of alkyl halides is 3. The summed E-state index contributed by atoms with van der Waals surface area (Å²) in [5.74, 6) is 0.888. The molecule has 0 spiro atoms. The molecule has 0 aliphatic heterocycles. The predicted molar refractivity (Wildman–Crippen MR) is 156 cm³/mol. The smallest absolute Gasteiger partial charge is 0.416 e. The maximum Gasteiger partial charge on any atom is 0.416 e. The predicted octanol–water partition coefficient (Wildman–Crippen LogP) is 9.62. The summed E-state index contributed by atoms with van der Waals surface area (Å²) in [5.41, 5.74) is 0.0556. The second-order valence-corrected chi connectivity index (χ2v) is 9.93. The number of nitro benzene ring substituents is 1. The summed E-state index contributed by atoms with van der Waals surface area (Å²) >= 11 is 7.21. The third kappa shape index (κ3) is 11.2. The van der Waals surface area contributed by atoms with E-state index >= 15 is 0 Å². The zero-order valence-electron chi connectivity index (χ0n) is 22.9. The first-order valence-electron chi connectivity index (χ1n) is 12.9. The van der Waals surface area contributed by atoms with E-state index in [1.165, 1.54) is 35.5 Å². The van der Waals surface area contributed by atoms with Crippen molar-refractivity contribution in [2.45, 2.75) is 45.5 Å². The molecular weight excluding hydrogens is 581 g/mol. The molecule has 0 heterocycles. The Labute approximate surface area is 246 Å². The van der Waals surface area contributed by atoms with Crippen molar-refractivity contribution in [1.29, 1.82) is 0 Å². The molecule has 222 valence electrons. The van der Waals surface area contributed by atoms with Crippen LogP contribution in [-0.4, -0.2) is 34.8 Å². The zero-order valence-corrected chi connectivity index (χ0v) is 24.5. The number of hydrogen-bond donors (Lipinski definition) is 0. The highest BCUT2D eigenvalue weighted by atomic mass is 35.5. The molecule has 3 aromatic carbocycles. The summed E-state index contributed by atoms with van der Waals surface area (Å²) in [5, 5.41) is 10.9. The van der Waals surface area contributed by atoms with Gasteiger partial charge in [0.2, 0.25) is 5.75 Å². The van der Waals surface area contributed by atoms with E-state index in [9.17, 15) is 28.1 Å². The number of benzene rings is 3. The lowest BCUT2D eigenvalue weighted by molar-refractivity contribution is -0.385. The lowest BCUT2D eigenvalue weighted by Gasteiger charge is -2.20. The van der Waals surface area contributed by atoms with Gasteiger partial charge in [-0.3, -0.25) is 14.9 Å². The van der Waals surface area contributed by atoms with Gasteiger partial charge in [0, 0.05) is 31.0 Å². The number of hydrogen-bond acceptors (Lipinski definition) is 6. The van der Waals surface area contributed by atoms with E-state index in [1.807, 2.05) is 23.1 Å². The van der Waals surface area contributed by atoms with Crippen LogP contribution >= 0.6 is 23.4 Å². The van der Waals surface area contributed by atoms with Crippen LogP contribution in [0, 0.1) is 10.1 Å². The maximum atomic E-state index is 12.6. The molecule has 0 bridgehead atoms. The van der Waals surface area contributed by atoms with Crippen LogP contribution < -0.4 is 9.47 Å². The molecule has 41 heavy (non-hydrogen) atoms. The Morgan fingerprint density at radius 3 is 2.17 bits per heavy atom. The highest BCUT2D eigenvalue weighted by molar-refractivity contribution is 8.12. The number of nitrogens with zero attached hydrogens (tertiary/aromatic N) is 2. The Hall–Kier alpha value is -3.44. The summed E-state index contributed by atoms with van der Waals surface area (Å²) < 4.78 is 48.4. The van der Waals surface area contributed by atoms with E-state index in [-0.39, 0.29) is 39.8 Å². The molecule has 12 heteroatoms. The fourth-order valence-electron chi connectivity index (χ4n) is 3.51. The van der Waals surface area contributed by atoms with Crippen LogP contribution in [0.3, 0.4) is 0 Å². The highest BCUT2D eigenvalue weighted by Gasteiger charge is 2.31. The lowest BCUT2D eigenvalue weighted by atomic mass is 10.2. The number of rotatable bonds is 11. The fourth-order valence-corrected chi connectivity index (χ4v) is 4.58. The van der Waals surface area contributed by atoms with Gasteiger partial charge in [-0.05, 0) is 49.6 Å². The molecule has 1 amide bonds. The Morgan fingerprint density at radius 2 is 1.63 bits per heavy atom. The van der Waals surface area contributed by atoms with Gasteiger partial charge in [-0.15, -0.1) is 0 Å². The van der Waals surface area contributed by atoms with E-state index in [0.717, 1.165) is 49.9 Å². The second kappa shape index (κ2) is 16.7. The third-order valence-corrected chi connectivity index (χ3v) is 6.64. The van der Waals surface area contributed by atoms with Crippen molar-refractivity contribution in [1.82, 2.24) is 4.90 Å². The normalized spacial score (nSPS) is 10.8. The fraction of sp³-hybridized carbons (Fsp3) is 0.345. The highest BCUT2D eigenvalue weighted by Crippen LogP contribution is 2.38. The second-order valence-electron chi connectivity index (χ2n) is 8.59. The Bertz CT molecular complexity index is 1270. The van der Waals surface area contributed by atoms with Crippen molar-refractivity contribution >= 4 is 34.3 Å². The molecule has 0 atom stereocenters. The Balaban J connectivity index is 0.000000305. The van der Waals surface area contributed by atoms with Gasteiger partial charge in [0.15, 0.2) is 0 Å². The molecule has 3 rings (SSSR count). The summed E-state index contributed by atoms with van der Waals surface area (Å²) in [7, 11) is 0. The SMILES string of the molecule is CCCN(CCC)C(=O)SCc1ccccc1.CCOc1cc(Oc2ccc(C(F)(F)F)cc2Cl)ccc1[N+](=O)[O-]. The van der Waals surface area contributed by atoms with Crippen molar-refractivity contribution in [3.8, 4) is 17.2 Å². The first-order chi connectivity index (χ1) is 19.5. The average Bonchev–Trinajstić information content (AvgIpc) is 2.93. The minimum Gasteiger partial charge on any atom is -0.487 e. The summed E-state index contributed by atoms with van der Waals surface area (Å²) in [6, 6.07) is 16.5. The Kier molecular flexibility index (Phi) is 13.8. The third-order valence-electron chi connectivity index (χ3n) is 5.37. The molecule has 0 saturated carbocycles. The standard InChI is InChI=1S/C15H11ClF3NO4.C14H21NOS/c1-2-23-14-8-10(4-5-12(14)20(21)22)24-13-6-3-9(7-11(13)16)15(17,18)19;1-3-10-15(11-4-2)14(16)17-12-13-8-6-5-7-9-13/h3-8H,2H2,1H3;5-9H,3-4,10-12H2,1-2H3. The van der Waals surface area contributed by atoms with Crippen LogP contribution in [0.1, 0.15) is 44.7 Å². The molecular formula is C29H32ClF3N2O5S. The lowest BCUT2D eigenvalue weighted by Crippen LogP contribution is -2.29. The van der Waals surface area contributed by atoms with Gasteiger partial charge in [-0.1, -0.05) is 67.5 Å². The molecule has 0 aliphatic carbocycles. The van der Waals surface area contributed by atoms with Gasteiger partial charge < -0.3 is 14.4 Å². The molecule has 0 saturated heterocycles. The average molecular weight is 613 g/mol. The van der Waals surface area contributed by atoms with Gasteiger partial charge in [0.05, 0.1) is 22.1 Å². The topological polar surface area (TPSA) is 81.9 Å². The number of thioether (sulfide) groups is 1. The summed E-state index contributed by atoms with van der Waals surface area (Å²) in [4.78, 5) is 24.2. The molecule has 3 aromatic rings. The van der Waals surface area contributed by atoms with Crippen LogP contribution in [0.5, 0.6) is 17.2 Å². The number of carbonyl (C=O) groups is 1. The molecule has 0 radical (unpaired) electrons. The minimum absolute atomic E-state index is 0.0111. The number of amides is 1. The van der Waals surface area contributed by atoms with Gasteiger partial charge >= 0.3 is 11.9 Å². The van der Waals surface area contributed by atoms with E-state index in [4.69, 9.17) is 21.1 Å². The largest absolute Gasteiger partial charge is 0.487 e. The van der Waals surface area contributed by atoms with Crippen LogP contribution in [-0.2, 0) is 11.9 Å². The van der Waals surface area contributed by atoms with Crippen molar-refractivity contribution < 1.29 is 32.4 Å². The number of ether oxygens (including phenoxy) is 2. The minimum atomic E-state index is -4.52. The van der Waals surface area contributed by atoms with Crippen molar-refractivity contribution in [2.24, 2.45) is 0 Å². The van der Waals surface area contributed by atoms with Crippen LogP contribution in [0.4, 0.5) is 23.7 Å². The van der Waals surface area contributed by atoms with E-state index in [2.05, 4.69) is 26.0 Å². The van der Waals surface area contributed by atoms with E-state index in [1.54, 1.807) is 6.92 Å². The summed E-state index contributed by atoms with van der Waals surface area (Å²) in [6.07, 6.45) is -2.47. The van der Waals surface area contributed by atoms with E-state index < -0.39 is 16.7 Å². The number of carbonyl (C=O) groups excluding carboxylic acids is 1. The molecule has 0 fully saturated rings. The van der Waals surface area contributed by atoms with E-state index in [0.29, 0.717) is 0 Å². The maximum absolute atomic E-state index is 12.6. The van der Waals surface area contributed by atoms with Gasteiger partial charge in [0.25, 0.3) is 5.24 Å². The molecule has 0 aromatic heterocycles. The molecule has 7 nitrogen and oxygen atoms in total. The zero-order chi connectivity index (χ0) is 30.4. The molecule has 0 N–H and O–H groups in total. The first kappa shape index (κ1) is 33.8. The molecule has 0 unspecified atom stereocenters. The first-order valence-corrected chi connectivity index (χ1v) is 14.3. The number of nitro groups is 1. The van der Waals surface area contributed by atoms with Crippen molar-refractivity contribution in [3.63, 3.8) is 0 Å². The number of halogens is 4. The van der Waals surface area contributed by atoms with Crippen LogP contribution in [0.25, 0.3) is 0 Å². The van der Waals surface area contributed by atoms with Crippen molar-refractivity contribution in [2.75, 3.05) is 19.7 Å². The molecule has 0 aliphatic rings. The van der Waals surface area contributed by atoms with Gasteiger partial charge in [-0.2, -0.15) is 13.2 Å². The van der Waals surface area contributed by atoms with Gasteiger partial charge in [-0.25, -0.2) is 0 Å². The summed E-state index contributed by atoms with van der Waals surface area (Å²) in [6.45, 7) is 7.81.